The van der Waals surface area contributed by atoms with Crippen LogP contribution in [0.4, 0.5) is 24.8 Å². The number of aromatic nitrogens is 8. The zero-order chi connectivity index (χ0) is 36.8. The van der Waals surface area contributed by atoms with E-state index in [1.807, 2.05) is 17.8 Å². The van der Waals surface area contributed by atoms with Crippen molar-refractivity contribution in [2.75, 3.05) is 38.4 Å². The fraction of sp³-hybridized carbons (Fsp3) is 0.571. The second kappa shape index (κ2) is 16.4. The van der Waals surface area contributed by atoms with Crippen molar-refractivity contribution in [2.45, 2.75) is 94.9 Å². The maximum absolute atomic E-state index is 12.5. The monoisotopic (exact) mass is 737 g/mol. The summed E-state index contributed by atoms with van der Waals surface area (Å²) >= 11 is 0. The van der Waals surface area contributed by atoms with Crippen molar-refractivity contribution in [1.82, 2.24) is 44.9 Å². The highest BCUT2D eigenvalue weighted by Gasteiger charge is 2.42. The topological polar surface area (TPSA) is 163 Å². The number of rotatable bonds is 15. The highest BCUT2D eigenvalue weighted by atomic mass is 19.4. The predicted octanol–water partition coefficient (Wildman–Crippen LogP) is 5.10. The molecule has 282 valence electrons. The third-order valence-corrected chi connectivity index (χ3v) is 9.89. The molecule has 15 nitrogen and oxygen atoms in total. The summed E-state index contributed by atoms with van der Waals surface area (Å²) in [4.78, 5) is 11.8. The molecule has 1 aliphatic carbocycles. The smallest absolute Gasteiger partial charge is 0.411 e. The van der Waals surface area contributed by atoms with E-state index < -0.39 is 12.8 Å². The molecule has 3 aliphatic rings. The third kappa shape index (κ3) is 9.21. The Bertz CT molecular complexity index is 1810. The van der Waals surface area contributed by atoms with E-state index in [0.717, 1.165) is 44.5 Å². The highest BCUT2D eigenvalue weighted by molar-refractivity contribution is 5.67. The van der Waals surface area contributed by atoms with Gasteiger partial charge in [0.05, 0.1) is 50.8 Å². The summed E-state index contributed by atoms with van der Waals surface area (Å²) in [6.07, 6.45) is 8.73. The van der Waals surface area contributed by atoms with Gasteiger partial charge in [-0.3, -0.25) is 9.58 Å². The lowest BCUT2D eigenvalue weighted by molar-refractivity contribution is -0.174. The summed E-state index contributed by atoms with van der Waals surface area (Å²) in [5.41, 5.74) is 2.39. The Kier molecular flexibility index (Phi) is 11.3. The van der Waals surface area contributed by atoms with E-state index in [0.29, 0.717) is 59.1 Å². The van der Waals surface area contributed by atoms with Crippen molar-refractivity contribution in [3.05, 3.63) is 48.7 Å². The lowest BCUT2D eigenvalue weighted by atomic mass is 9.89. The molecule has 5 heterocycles. The molecule has 1 aromatic carbocycles. The van der Waals surface area contributed by atoms with Gasteiger partial charge in [-0.15, -0.1) is 10.2 Å². The molecule has 0 spiro atoms. The van der Waals surface area contributed by atoms with Gasteiger partial charge in [0.15, 0.2) is 0 Å². The van der Waals surface area contributed by atoms with Crippen LogP contribution in [0.25, 0.3) is 11.1 Å². The highest BCUT2D eigenvalue weighted by Crippen LogP contribution is 2.39. The Morgan fingerprint density at radius 1 is 1.00 bits per heavy atom. The number of nitrogens with one attached hydrogen (secondary N) is 1. The minimum absolute atomic E-state index is 0.0958. The molecular formula is C35H42F3N11O4. The average Bonchev–Trinajstić information content (AvgIpc) is 3.87. The van der Waals surface area contributed by atoms with Crippen LogP contribution in [-0.4, -0.2) is 108 Å². The first-order valence-electron chi connectivity index (χ1n) is 17.9. The summed E-state index contributed by atoms with van der Waals surface area (Å²) in [6, 6.07) is 9.18. The van der Waals surface area contributed by atoms with Crippen LogP contribution >= 0.6 is 0 Å². The van der Waals surface area contributed by atoms with Gasteiger partial charge in [-0.1, -0.05) is 6.07 Å². The van der Waals surface area contributed by atoms with Gasteiger partial charge in [0, 0.05) is 42.5 Å². The molecule has 18 heteroatoms. The molecule has 3 atom stereocenters. The van der Waals surface area contributed by atoms with E-state index in [4.69, 9.17) is 24.0 Å². The number of morpholine rings is 1. The Morgan fingerprint density at radius 3 is 2.43 bits per heavy atom. The molecule has 2 bridgehead atoms. The molecule has 53 heavy (non-hydrogen) atoms. The van der Waals surface area contributed by atoms with Gasteiger partial charge in [0.1, 0.15) is 36.5 Å². The van der Waals surface area contributed by atoms with Crippen LogP contribution in [0.5, 0.6) is 11.6 Å². The lowest BCUT2D eigenvalue weighted by Gasteiger charge is -2.43. The Labute approximate surface area is 304 Å². The quantitative estimate of drug-likeness (QED) is 0.161. The number of nitriles is 1. The number of hydrogen-bond acceptors (Lipinski definition) is 13. The minimum Gasteiger partial charge on any atom is -0.487 e. The Balaban J connectivity index is 1.02. The molecule has 1 unspecified atom stereocenters. The number of hydrogen-bond donors (Lipinski definition) is 1. The van der Waals surface area contributed by atoms with Crippen LogP contribution < -0.4 is 14.8 Å². The van der Waals surface area contributed by atoms with E-state index in [9.17, 15) is 18.4 Å². The second-order valence-electron chi connectivity index (χ2n) is 13.7. The molecule has 1 saturated carbocycles. The van der Waals surface area contributed by atoms with Crippen LogP contribution in [-0.2, 0) is 16.0 Å². The molecule has 3 fully saturated rings. The third-order valence-electron chi connectivity index (χ3n) is 9.89. The number of nitrogens with zero attached hydrogens (tertiary/aromatic N) is 10. The molecule has 7 rings (SSSR count). The number of alkyl halides is 3. The maximum Gasteiger partial charge on any atom is 0.411 e. The van der Waals surface area contributed by atoms with E-state index in [-0.39, 0.29) is 31.8 Å². The standard InChI is InChI=1S/C35H42F3N11O4/c1-23(17-47-22-42-45-46-47)53-32-13-24(3-4-25(32)14-39)26-15-40-34(41-16-26)43-31-18-48(44-33(31)52-12-2-11-50-21-35(36,37)38)27-5-7-28(8-6-27)49-29-9-10-30(49)20-51-19-29/h3-4,13,15-16,18,22-23,27-30H,2,5-12,17,19-21H2,1H3,(H,40,41,43)/t23?,27?,28?,29-,30+. The Morgan fingerprint density at radius 2 is 1.74 bits per heavy atom. The van der Waals surface area contributed by atoms with E-state index in [1.165, 1.54) is 19.2 Å². The van der Waals surface area contributed by atoms with E-state index in [2.05, 4.69) is 41.8 Å². The van der Waals surface area contributed by atoms with Crippen molar-refractivity contribution >= 4 is 11.6 Å². The normalized spacial score (nSPS) is 22.3. The summed E-state index contributed by atoms with van der Waals surface area (Å²) < 4.78 is 63.5. The molecule has 1 N–H and O–H groups in total. The van der Waals surface area contributed by atoms with Crippen molar-refractivity contribution in [2.24, 2.45) is 0 Å². The largest absolute Gasteiger partial charge is 0.487 e. The minimum atomic E-state index is -4.38. The van der Waals surface area contributed by atoms with Crippen molar-refractivity contribution in [1.29, 1.82) is 5.26 Å². The molecule has 3 aromatic heterocycles. The van der Waals surface area contributed by atoms with Crippen LogP contribution in [0.1, 0.15) is 63.5 Å². The molecule has 2 saturated heterocycles. The predicted molar refractivity (Wildman–Crippen MR) is 183 cm³/mol. The molecule has 0 radical (unpaired) electrons. The van der Waals surface area contributed by atoms with Gasteiger partial charge in [-0.25, -0.2) is 14.6 Å². The van der Waals surface area contributed by atoms with Crippen LogP contribution in [0.2, 0.25) is 0 Å². The van der Waals surface area contributed by atoms with Gasteiger partial charge in [0.25, 0.3) is 5.88 Å². The Hall–Kier alpha value is -4.86. The first kappa shape index (κ1) is 36.5. The summed E-state index contributed by atoms with van der Waals surface area (Å²) in [5.74, 6) is 1.03. The van der Waals surface area contributed by atoms with Gasteiger partial charge < -0.3 is 24.3 Å². The van der Waals surface area contributed by atoms with E-state index in [1.54, 1.807) is 35.3 Å². The van der Waals surface area contributed by atoms with Crippen molar-refractivity contribution in [3.8, 4) is 28.8 Å². The number of halogens is 3. The van der Waals surface area contributed by atoms with Crippen LogP contribution in [0.3, 0.4) is 0 Å². The molecule has 0 amide bonds. The van der Waals surface area contributed by atoms with E-state index >= 15 is 0 Å². The van der Waals surface area contributed by atoms with Gasteiger partial charge in [-0.05, 0) is 73.6 Å². The number of benzene rings is 1. The molecule has 2 aliphatic heterocycles. The van der Waals surface area contributed by atoms with Crippen LogP contribution in [0.15, 0.2) is 43.1 Å². The summed E-state index contributed by atoms with van der Waals surface area (Å²) in [7, 11) is 0. The number of anilines is 2. The fourth-order valence-electron chi connectivity index (χ4n) is 7.48. The average molecular weight is 738 g/mol. The molecule has 4 aromatic rings. The maximum atomic E-state index is 12.5. The summed E-state index contributed by atoms with van der Waals surface area (Å²) in [5, 5.41) is 28.8. The number of tetrazole rings is 1. The summed E-state index contributed by atoms with van der Waals surface area (Å²) in [6.45, 7) is 2.63. The first-order chi connectivity index (χ1) is 25.7. The van der Waals surface area contributed by atoms with Gasteiger partial charge in [-0.2, -0.15) is 18.4 Å². The SMILES string of the molecule is CC(Cn1cnnn1)Oc1cc(-c2cnc(Nc3cn(C4CCC(N5[C@@H]6CC[C@H]5COC6)CC4)nc3OCCCOCC(F)(F)F)nc2)ccc1C#N. The lowest BCUT2D eigenvalue weighted by Crippen LogP contribution is -2.52. The fourth-order valence-corrected chi connectivity index (χ4v) is 7.48. The van der Waals surface area contributed by atoms with Gasteiger partial charge >= 0.3 is 6.18 Å². The van der Waals surface area contributed by atoms with Gasteiger partial charge in [0.2, 0.25) is 5.95 Å². The number of ether oxygens (including phenoxy) is 4. The molecular weight excluding hydrogens is 695 g/mol. The van der Waals surface area contributed by atoms with Crippen molar-refractivity contribution < 1.29 is 32.1 Å². The van der Waals surface area contributed by atoms with Crippen LogP contribution in [0, 0.1) is 11.3 Å². The zero-order valence-corrected chi connectivity index (χ0v) is 29.4. The number of fused-ring (bicyclic) bond motifs is 2. The zero-order valence-electron chi connectivity index (χ0n) is 29.4. The van der Waals surface area contributed by atoms with Crippen molar-refractivity contribution in [3.63, 3.8) is 0 Å². The first-order valence-corrected chi connectivity index (χ1v) is 17.9. The second-order valence-corrected chi connectivity index (χ2v) is 13.7.